The van der Waals surface area contributed by atoms with E-state index in [0.29, 0.717) is 19.6 Å². The predicted molar refractivity (Wildman–Crippen MR) is 192 cm³/mol. The Hall–Kier alpha value is -5.27. The van der Waals surface area contributed by atoms with Gasteiger partial charge < -0.3 is 14.7 Å². The molecule has 0 atom stereocenters. The standard InChI is InChI=1S/C40H34N2O4S/c1-40(2)34(41(23-22-36(44)45)39-32-17-11-9-15-30(32)29-14-8-10-16-31(29)37(39)40)18-4-3-5-19-35-42(24-25-46-26-43)38-28-13-7-6-12-27(28)20-21-33(38)47-35/h3-21,26H,22-25H2,1-2H3/p+1. The van der Waals surface area contributed by atoms with Gasteiger partial charge in [0.15, 0.2) is 6.54 Å². The van der Waals surface area contributed by atoms with Crippen molar-refractivity contribution in [1.82, 2.24) is 0 Å². The molecule has 0 radical (unpaired) electrons. The third-order valence-electron chi connectivity index (χ3n) is 9.11. The molecule has 0 aliphatic carbocycles. The van der Waals surface area contributed by atoms with Gasteiger partial charge in [-0.15, -0.1) is 0 Å². The van der Waals surface area contributed by atoms with Gasteiger partial charge in [0.05, 0.1) is 17.5 Å². The van der Waals surface area contributed by atoms with E-state index in [4.69, 9.17) is 4.74 Å². The number of carboxylic acids is 1. The van der Waals surface area contributed by atoms with Gasteiger partial charge >= 0.3 is 5.97 Å². The largest absolute Gasteiger partial charge is 0.481 e. The minimum atomic E-state index is -0.817. The van der Waals surface area contributed by atoms with Crippen molar-refractivity contribution in [1.29, 1.82) is 0 Å². The maximum absolute atomic E-state index is 11.8. The summed E-state index contributed by atoms with van der Waals surface area (Å²) in [5.74, 6) is -0.817. The molecule has 1 N–H and O–H groups in total. The summed E-state index contributed by atoms with van der Waals surface area (Å²) in [5, 5.41) is 17.8. The Balaban J connectivity index is 1.28. The van der Waals surface area contributed by atoms with Crippen molar-refractivity contribution in [2.24, 2.45) is 0 Å². The third kappa shape index (κ3) is 5.36. The highest BCUT2D eigenvalue weighted by molar-refractivity contribution is 7.19. The number of hydrogen-bond acceptors (Lipinski definition) is 5. The zero-order valence-corrected chi connectivity index (χ0v) is 27.2. The monoisotopic (exact) mass is 639 g/mol. The van der Waals surface area contributed by atoms with Crippen LogP contribution in [0, 0.1) is 0 Å². The summed E-state index contributed by atoms with van der Waals surface area (Å²) in [5.41, 5.74) is 4.15. The molecule has 0 unspecified atom stereocenters. The van der Waals surface area contributed by atoms with Crippen molar-refractivity contribution in [2.45, 2.75) is 32.2 Å². The summed E-state index contributed by atoms with van der Waals surface area (Å²) in [4.78, 5) is 24.9. The van der Waals surface area contributed by atoms with Crippen LogP contribution in [0.5, 0.6) is 0 Å². The van der Waals surface area contributed by atoms with Crippen LogP contribution in [0.25, 0.3) is 48.6 Å². The number of thiazole rings is 1. The van der Waals surface area contributed by atoms with Gasteiger partial charge in [0.1, 0.15) is 11.3 Å². The number of fused-ring (bicyclic) bond motifs is 9. The summed E-state index contributed by atoms with van der Waals surface area (Å²) in [6, 6.07) is 29.6. The molecule has 1 aromatic heterocycles. The molecular formula is C40H35N2O4S+. The summed E-state index contributed by atoms with van der Waals surface area (Å²) >= 11 is 1.70. The first kappa shape index (κ1) is 30.4. The quantitative estimate of drug-likeness (QED) is 0.0535. The van der Waals surface area contributed by atoms with Crippen molar-refractivity contribution in [3.63, 3.8) is 0 Å². The first-order valence-electron chi connectivity index (χ1n) is 15.8. The van der Waals surface area contributed by atoms with E-state index in [1.807, 2.05) is 30.4 Å². The Kier molecular flexibility index (Phi) is 8.08. The maximum Gasteiger partial charge on any atom is 0.305 e. The van der Waals surface area contributed by atoms with Gasteiger partial charge in [-0.25, -0.2) is 0 Å². The Bertz CT molecular complexity index is 2280. The van der Waals surface area contributed by atoms with Crippen LogP contribution in [-0.2, 0) is 26.3 Å². The molecule has 5 aromatic carbocycles. The molecule has 1 aliphatic rings. The molecule has 6 nitrogen and oxygen atoms in total. The van der Waals surface area contributed by atoms with E-state index < -0.39 is 5.97 Å². The van der Waals surface area contributed by atoms with Gasteiger partial charge in [0.25, 0.3) is 11.5 Å². The maximum atomic E-state index is 11.8. The van der Waals surface area contributed by atoms with Gasteiger partial charge in [-0.1, -0.05) is 116 Å². The first-order chi connectivity index (χ1) is 22.9. The van der Waals surface area contributed by atoms with Gasteiger partial charge in [-0.2, -0.15) is 4.57 Å². The Morgan fingerprint density at radius 1 is 0.872 bits per heavy atom. The second-order valence-corrected chi connectivity index (χ2v) is 13.3. The van der Waals surface area contributed by atoms with Crippen LogP contribution in [0.15, 0.2) is 115 Å². The number of aliphatic carboxylic acids is 1. The number of hydrogen-bond donors (Lipinski definition) is 1. The van der Waals surface area contributed by atoms with Crippen LogP contribution in [0.3, 0.4) is 0 Å². The molecule has 6 aromatic rings. The van der Waals surface area contributed by atoms with Crippen LogP contribution >= 0.6 is 11.3 Å². The molecule has 7 heteroatoms. The van der Waals surface area contributed by atoms with Crippen LogP contribution in [0.4, 0.5) is 5.69 Å². The summed E-state index contributed by atoms with van der Waals surface area (Å²) in [6.45, 7) is 6.17. The van der Waals surface area contributed by atoms with E-state index in [-0.39, 0.29) is 18.4 Å². The minimum absolute atomic E-state index is 0.0338. The predicted octanol–water partition coefficient (Wildman–Crippen LogP) is 8.55. The zero-order chi connectivity index (χ0) is 32.5. The summed E-state index contributed by atoms with van der Waals surface area (Å²) < 4.78 is 8.47. The number of carbonyl (C=O) groups is 2. The number of rotatable bonds is 10. The van der Waals surface area contributed by atoms with Crippen molar-refractivity contribution in [2.75, 3.05) is 18.1 Å². The Labute approximate surface area is 277 Å². The Morgan fingerprint density at radius 3 is 2.30 bits per heavy atom. The molecular weight excluding hydrogens is 605 g/mol. The lowest BCUT2D eigenvalue weighted by atomic mass is 9.80. The number of carboxylic acid groups (broad SMARTS) is 1. The summed E-state index contributed by atoms with van der Waals surface area (Å²) in [7, 11) is 0. The SMILES string of the molecule is CC1(C)/C(=C/C=C/C=C/c2sc3ccc4ccccc4c3[n+]2CCOC=O)N(CCC(=O)O)c2c1c1ccccc1c1ccccc21. The van der Waals surface area contributed by atoms with E-state index in [0.717, 1.165) is 38.1 Å². The smallest absolute Gasteiger partial charge is 0.305 e. The number of anilines is 1. The van der Waals surface area contributed by atoms with Crippen LogP contribution < -0.4 is 9.47 Å². The van der Waals surface area contributed by atoms with Gasteiger partial charge in [0.2, 0.25) is 5.52 Å². The Morgan fingerprint density at radius 2 is 1.55 bits per heavy atom. The van der Waals surface area contributed by atoms with E-state index in [2.05, 4.69) is 108 Å². The van der Waals surface area contributed by atoms with Crippen molar-refractivity contribution < 1.29 is 24.0 Å². The van der Waals surface area contributed by atoms with E-state index >= 15 is 0 Å². The summed E-state index contributed by atoms with van der Waals surface area (Å²) in [6.07, 6.45) is 10.3. The lowest BCUT2D eigenvalue weighted by molar-refractivity contribution is -0.669. The molecule has 0 amide bonds. The van der Waals surface area contributed by atoms with Gasteiger partial charge in [-0.3, -0.25) is 9.59 Å². The number of ether oxygens (including phenoxy) is 1. The highest BCUT2D eigenvalue weighted by Gasteiger charge is 2.42. The second kappa shape index (κ2) is 12.5. The lowest BCUT2D eigenvalue weighted by Gasteiger charge is -2.26. The van der Waals surface area contributed by atoms with Crippen molar-refractivity contribution >= 4 is 78.1 Å². The van der Waals surface area contributed by atoms with E-state index in [9.17, 15) is 14.7 Å². The average molecular weight is 640 g/mol. The average Bonchev–Trinajstić information content (AvgIpc) is 3.55. The first-order valence-corrected chi connectivity index (χ1v) is 16.6. The normalized spacial score (nSPS) is 15.2. The molecule has 234 valence electrons. The third-order valence-corrected chi connectivity index (χ3v) is 10.2. The molecule has 47 heavy (non-hydrogen) atoms. The van der Waals surface area contributed by atoms with Crippen LogP contribution in [-0.4, -0.2) is 30.7 Å². The fourth-order valence-corrected chi connectivity index (χ4v) is 8.24. The molecule has 1 aliphatic heterocycles. The minimum Gasteiger partial charge on any atom is -0.481 e. The number of aromatic nitrogens is 1. The van der Waals surface area contributed by atoms with Crippen molar-refractivity contribution in [3.05, 3.63) is 126 Å². The number of allylic oxidation sites excluding steroid dienone is 5. The molecule has 2 heterocycles. The zero-order valence-electron chi connectivity index (χ0n) is 26.4. The molecule has 0 saturated carbocycles. The fourth-order valence-electron chi connectivity index (χ4n) is 7.12. The topological polar surface area (TPSA) is 70.7 Å². The molecule has 7 rings (SSSR count). The van der Waals surface area contributed by atoms with Crippen LogP contribution in [0.2, 0.25) is 0 Å². The van der Waals surface area contributed by atoms with Crippen molar-refractivity contribution in [3.8, 4) is 0 Å². The second-order valence-electron chi connectivity index (χ2n) is 12.2. The molecule has 0 spiro atoms. The van der Waals surface area contributed by atoms with E-state index in [1.165, 1.54) is 26.4 Å². The highest BCUT2D eigenvalue weighted by Crippen LogP contribution is 2.54. The molecule has 0 fully saturated rings. The number of carbonyl (C=O) groups excluding carboxylic acids is 1. The van der Waals surface area contributed by atoms with Gasteiger partial charge in [-0.05, 0) is 45.3 Å². The van der Waals surface area contributed by atoms with Gasteiger partial charge in [0, 0.05) is 29.1 Å². The lowest BCUT2D eigenvalue weighted by Crippen LogP contribution is -2.37. The molecule has 0 bridgehead atoms. The van der Waals surface area contributed by atoms with E-state index in [1.54, 1.807) is 11.3 Å². The fraction of sp³-hybridized carbons (Fsp3) is 0.175. The highest BCUT2D eigenvalue weighted by atomic mass is 32.1. The number of benzene rings is 5. The van der Waals surface area contributed by atoms with Crippen LogP contribution in [0.1, 0.15) is 30.8 Å². The number of nitrogens with zero attached hydrogens (tertiary/aromatic N) is 2. The molecule has 0 saturated heterocycles.